The van der Waals surface area contributed by atoms with Crippen molar-refractivity contribution in [2.24, 2.45) is 0 Å². The van der Waals surface area contributed by atoms with Crippen LogP contribution < -0.4 is 16.0 Å². The second kappa shape index (κ2) is 7.59. The van der Waals surface area contributed by atoms with Crippen LogP contribution in [0.1, 0.15) is 33.6 Å². The fourth-order valence-electron chi connectivity index (χ4n) is 3.26. The van der Waals surface area contributed by atoms with Crippen molar-refractivity contribution >= 4 is 28.5 Å². The molecular weight excluding hydrogens is 342 g/mol. The summed E-state index contributed by atoms with van der Waals surface area (Å²) in [6.45, 7) is 1.79. The van der Waals surface area contributed by atoms with Crippen LogP contribution in [0.15, 0.2) is 48.8 Å². The van der Waals surface area contributed by atoms with Crippen molar-refractivity contribution < 1.29 is 9.59 Å². The molecule has 7 nitrogen and oxygen atoms in total. The number of carbonyl (C=O) groups excluding carboxylic acids is 2. The van der Waals surface area contributed by atoms with E-state index in [1.807, 2.05) is 0 Å². The first kappa shape index (κ1) is 17.2. The van der Waals surface area contributed by atoms with E-state index in [0.717, 1.165) is 37.0 Å². The number of rotatable bonds is 4. The molecule has 2 aromatic carbocycles. The normalized spacial score (nSPS) is 16.8. The van der Waals surface area contributed by atoms with E-state index in [-0.39, 0.29) is 17.9 Å². The Morgan fingerprint density at radius 1 is 1.07 bits per heavy atom. The third-order valence-electron chi connectivity index (χ3n) is 4.70. The number of nitrogens with zero attached hydrogens (tertiary/aromatic N) is 1. The minimum atomic E-state index is -0.236. The number of H-pyrrole nitrogens is 1. The number of nitrogens with one attached hydrogen (secondary N) is 4. The Morgan fingerprint density at radius 2 is 1.96 bits per heavy atom. The largest absolute Gasteiger partial charge is 0.348 e. The monoisotopic (exact) mass is 363 g/mol. The molecule has 1 fully saturated rings. The van der Waals surface area contributed by atoms with Gasteiger partial charge < -0.3 is 20.9 Å². The van der Waals surface area contributed by atoms with E-state index in [0.29, 0.717) is 16.8 Å². The van der Waals surface area contributed by atoms with Crippen LogP contribution in [0.2, 0.25) is 0 Å². The first-order valence-corrected chi connectivity index (χ1v) is 9.05. The molecule has 0 radical (unpaired) electrons. The smallest absolute Gasteiger partial charge is 0.255 e. The summed E-state index contributed by atoms with van der Waals surface area (Å²) in [5, 5.41) is 9.17. The zero-order valence-electron chi connectivity index (χ0n) is 14.8. The van der Waals surface area contributed by atoms with Gasteiger partial charge in [-0.2, -0.15) is 0 Å². The minimum Gasteiger partial charge on any atom is -0.348 e. The summed E-state index contributed by atoms with van der Waals surface area (Å²) >= 11 is 0. The zero-order chi connectivity index (χ0) is 18.6. The molecular formula is C20H21N5O2. The number of amides is 2. The molecule has 0 aliphatic carbocycles. The lowest BCUT2D eigenvalue weighted by atomic mass is 10.1. The quantitative estimate of drug-likeness (QED) is 0.572. The highest BCUT2D eigenvalue weighted by Gasteiger charge is 2.17. The van der Waals surface area contributed by atoms with Crippen molar-refractivity contribution in [3.8, 4) is 0 Å². The van der Waals surface area contributed by atoms with Gasteiger partial charge in [0.1, 0.15) is 0 Å². The number of aromatic nitrogens is 2. The van der Waals surface area contributed by atoms with E-state index in [9.17, 15) is 9.59 Å². The van der Waals surface area contributed by atoms with Crippen molar-refractivity contribution in [1.29, 1.82) is 0 Å². The molecule has 1 aliphatic heterocycles. The molecule has 3 aromatic rings. The number of hydrogen-bond acceptors (Lipinski definition) is 4. The van der Waals surface area contributed by atoms with Gasteiger partial charge in [-0.25, -0.2) is 4.98 Å². The maximum Gasteiger partial charge on any atom is 0.255 e. The maximum atomic E-state index is 12.5. The van der Waals surface area contributed by atoms with Crippen LogP contribution >= 0.6 is 0 Å². The second-order valence-corrected chi connectivity index (χ2v) is 6.69. The average Bonchev–Trinajstić information content (AvgIpc) is 3.17. The number of benzene rings is 2. The molecule has 1 saturated heterocycles. The van der Waals surface area contributed by atoms with E-state index < -0.39 is 0 Å². The molecule has 0 spiro atoms. The van der Waals surface area contributed by atoms with E-state index in [1.54, 1.807) is 48.8 Å². The molecule has 27 heavy (non-hydrogen) atoms. The highest BCUT2D eigenvalue weighted by Crippen LogP contribution is 2.16. The molecule has 4 rings (SSSR count). The maximum absolute atomic E-state index is 12.5. The summed E-state index contributed by atoms with van der Waals surface area (Å²) in [6.07, 6.45) is 3.63. The zero-order valence-corrected chi connectivity index (χ0v) is 14.8. The molecule has 0 saturated carbocycles. The SMILES string of the molecule is O=C(Nc1cccc(C(=O)N[C@H]2CCCNC2)c1)c1ccc2nc[nH]c2c1. The fourth-order valence-corrected chi connectivity index (χ4v) is 3.26. The van der Waals surface area contributed by atoms with Crippen LogP contribution in [0.4, 0.5) is 5.69 Å². The second-order valence-electron chi connectivity index (χ2n) is 6.69. The van der Waals surface area contributed by atoms with Gasteiger partial charge in [-0.1, -0.05) is 6.07 Å². The van der Waals surface area contributed by atoms with Crippen LogP contribution in [0, 0.1) is 0 Å². The predicted octanol–water partition coefficient (Wildman–Crippen LogP) is 2.30. The number of piperidine rings is 1. The van der Waals surface area contributed by atoms with Gasteiger partial charge >= 0.3 is 0 Å². The van der Waals surface area contributed by atoms with Gasteiger partial charge in [0.2, 0.25) is 0 Å². The molecule has 1 atom stereocenters. The van der Waals surface area contributed by atoms with Gasteiger partial charge in [-0.15, -0.1) is 0 Å². The molecule has 4 N–H and O–H groups in total. The summed E-state index contributed by atoms with van der Waals surface area (Å²) in [6, 6.07) is 12.4. The van der Waals surface area contributed by atoms with Crippen LogP contribution in [-0.4, -0.2) is 40.9 Å². The predicted molar refractivity (Wildman–Crippen MR) is 104 cm³/mol. The molecule has 7 heteroatoms. The Kier molecular flexibility index (Phi) is 4.84. The summed E-state index contributed by atoms with van der Waals surface area (Å²) < 4.78 is 0. The fraction of sp³-hybridized carbons (Fsp3) is 0.250. The number of carbonyl (C=O) groups is 2. The molecule has 1 aromatic heterocycles. The summed E-state index contributed by atoms with van der Waals surface area (Å²) in [5.41, 5.74) is 3.25. The highest BCUT2D eigenvalue weighted by atomic mass is 16.2. The topological polar surface area (TPSA) is 98.9 Å². The first-order chi connectivity index (χ1) is 13.2. The Balaban J connectivity index is 1.45. The number of imidazole rings is 1. The Hall–Kier alpha value is -3.19. The van der Waals surface area contributed by atoms with E-state index in [1.165, 1.54) is 0 Å². The Morgan fingerprint density at radius 3 is 2.81 bits per heavy atom. The third-order valence-corrected chi connectivity index (χ3v) is 4.70. The van der Waals surface area contributed by atoms with Gasteiger partial charge in [-0.3, -0.25) is 9.59 Å². The van der Waals surface area contributed by atoms with Crippen LogP contribution in [0.5, 0.6) is 0 Å². The first-order valence-electron chi connectivity index (χ1n) is 9.05. The van der Waals surface area contributed by atoms with Crippen LogP contribution in [0.25, 0.3) is 11.0 Å². The number of fused-ring (bicyclic) bond motifs is 1. The van der Waals surface area contributed by atoms with E-state index in [4.69, 9.17) is 0 Å². The van der Waals surface area contributed by atoms with Crippen molar-refractivity contribution in [1.82, 2.24) is 20.6 Å². The van der Waals surface area contributed by atoms with E-state index in [2.05, 4.69) is 25.9 Å². The lowest BCUT2D eigenvalue weighted by Crippen LogP contribution is -2.45. The van der Waals surface area contributed by atoms with Crippen molar-refractivity contribution in [3.63, 3.8) is 0 Å². The molecule has 1 aliphatic rings. The standard InChI is InChI=1S/C20H21N5O2/c26-19(25-16-5-2-8-21-11-16)13-3-1-4-15(9-13)24-20(27)14-6-7-17-18(10-14)23-12-22-17/h1,3-4,6-7,9-10,12,16,21H,2,5,8,11H2,(H,22,23)(H,24,27)(H,25,26)/t16-/m0/s1. The minimum absolute atomic E-state index is 0.126. The number of anilines is 1. The highest BCUT2D eigenvalue weighted by molar-refractivity contribution is 6.06. The van der Waals surface area contributed by atoms with Crippen molar-refractivity contribution in [3.05, 3.63) is 59.9 Å². The number of hydrogen-bond donors (Lipinski definition) is 4. The Labute approximate surface area is 156 Å². The van der Waals surface area contributed by atoms with Crippen LogP contribution in [-0.2, 0) is 0 Å². The van der Waals surface area contributed by atoms with Gasteiger partial charge in [-0.05, 0) is 55.8 Å². The molecule has 0 bridgehead atoms. The molecule has 0 unspecified atom stereocenters. The third kappa shape index (κ3) is 3.98. The molecule has 138 valence electrons. The molecule has 2 heterocycles. The van der Waals surface area contributed by atoms with Crippen molar-refractivity contribution in [2.45, 2.75) is 18.9 Å². The Bertz CT molecular complexity index is 975. The average molecular weight is 363 g/mol. The van der Waals surface area contributed by atoms with Gasteiger partial charge in [0.25, 0.3) is 11.8 Å². The number of aromatic amines is 1. The van der Waals surface area contributed by atoms with Crippen LogP contribution in [0.3, 0.4) is 0 Å². The lowest BCUT2D eigenvalue weighted by molar-refractivity contribution is 0.0929. The lowest BCUT2D eigenvalue weighted by Gasteiger charge is -2.23. The summed E-state index contributed by atoms with van der Waals surface area (Å²) in [5.74, 6) is -0.362. The van der Waals surface area contributed by atoms with E-state index >= 15 is 0 Å². The summed E-state index contributed by atoms with van der Waals surface area (Å²) in [7, 11) is 0. The van der Waals surface area contributed by atoms with Gasteiger partial charge in [0.15, 0.2) is 0 Å². The molecule has 2 amide bonds. The summed E-state index contributed by atoms with van der Waals surface area (Å²) in [4.78, 5) is 32.1. The van der Waals surface area contributed by atoms with Gasteiger partial charge in [0.05, 0.1) is 17.4 Å². The van der Waals surface area contributed by atoms with Crippen molar-refractivity contribution in [2.75, 3.05) is 18.4 Å². The van der Waals surface area contributed by atoms with Gasteiger partial charge in [0, 0.05) is 29.4 Å².